The molecule has 0 spiro atoms. The molecule has 0 saturated heterocycles. The highest BCUT2D eigenvalue weighted by molar-refractivity contribution is 6.30. The van der Waals surface area contributed by atoms with E-state index in [2.05, 4.69) is 5.32 Å². The van der Waals surface area contributed by atoms with E-state index in [4.69, 9.17) is 16.9 Å². The van der Waals surface area contributed by atoms with Gasteiger partial charge in [0, 0.05) is 16.3 Å². The normalized spacial score (nSPS) is 9.56. The molecule has 2 rings (SSSR count). The number of hydrogen-bond acceptors (Lipinski definition) is 2. The van der Waals surface area contributed by atoms with Crippen molar-refractivity contribution < 1.29 is 4.79 Å². The van der Waals surface area contributed by atoms with Crippen LogP contribution in [0, 0.1) is 11.3 Å². The van der Waals surface area contributed by atoms with Crippen molar-refractivity contribution in [1.29, 1.82) is 5.26 Å². The minimum absolute atomic E-state index is 0.255. The van der Waals surface area contributed by atoms with Crippen LogP contribution in [0.3, 0.4) is 0 Å². The Morgan fingerprint density at radius 1 is 1.17 bits per heavy atom. The summed E-state index contributed by atoms with van der Waals surface area (Å²) in [5.74, 6) is -0.255. The molecule has 0 fully saturated rings. The molecule has 2 aromatic carbocycles. The Kier molecular flexibility index (Phi) is 3.61. The van der Waals surface area contributed by atoms with E-state index in [1.807, 2.05) is 6.07 Å². The largest absolute Gasteiger partial charge is 0.322 e. The third kappa shape index (κ3) is 2.88. The fourth-order valence-corrected chi connectivity index (χ4v) is 1.59. The Bertz CT molecular complexity index is 614. The monoisotopic (exact) mass is 256 g/mol. The van der Waals surface area contributed by atoms with Gasteiger partial charge in [0.2, 0.25) is 0 Å². The molecule has 1 amide bonds. The number of rotatable bonds is 2. The quantitative estimate of drug-likeness (QED) is 0.895. The van der Waals surface area contributed by atoms with Gasteiger partial charge in [-0.1, -0.05) is 17.7 Å². The summed E-state index contributed by atoms with van der Waals surface area (Å²) in [7, 11) is 0. The molecule has 18 heavy (non-hydrogen) atoms. The number of carbonyl (C=O) groups excluding carboxylic acids is 1. The van der Waals surface area contributed by atoms with Crippen molar-refractivity contribution in [2.45, 2.75) is 0 Å². The van der Waals surface area contributed by atoms with Crippen LogP contribution in [0.15, 0.2) is 48.5 Å². The Hall–Kier alpha value is -2.31. The molecule has 0 atom stereocenters. The Morgan fingerprint density at radius 3 is 2.56 bits per heavy atom. The SMILES string of the molecule is N#Cc1cccc(C(=O)Nc2ccc(Cl)cc2)c1. The zero-order valence-corrected chi connectivity index (χ0v) is 10.1. The van der Waals surface area contributed by atoms with Gasteiger partial charge >= 0.3 is 0 Å². The van der Waals surface area contributed by atoms with Crippen LogP contribution in [-0.4, -0.2) is 5.91 Å². The fraction of sp³-hybridized carbons (Fsp3) is 0. The number of halogens is 1. The lowest BCUT2D eigenvalue weighted by atomic mass is 10.1. The first-order valence-electron chi connectivity index (χ1n) is 5.26. The van der Waals surface area contributed by atoms with Crippen molar-refractivity contribution in [2.75, 3.05) is 5.32 Å². The van der Waals surface area contributed by atoms with Crippen LogP contribution in [0.1, 0.15) is 15.9 Å². The minimum Gasteiger partial charge on any atom is -0.322 e. The van der Waals surface area contributed by atoms with Crippen LogP contribution in [0.2, 0.25) is 5.02 Å². The first-order valence-corrected chi connectivity index (χ1v) is 5.64. The number of anilines is 1. The summed E-state index contributed by atoms with van der Waals surface area (Å²) in [5, 5.41) is 12.1. The van der Waals surface area contributed by atoms with E-state index in [0.29, 0.717) is 21.8 Å². The molecule has 0 aliphatic carbocycles. The van der Waals surface area contributed by atoms with Crippen LogP contribution in [-0.2, 0) is 0 Å². The lowest BCUT2D eigenvalue weighted by Crippen LogP contribution is -2.11. The molecule has 0 aromatic heterocycles. The third-order valence-corrected chi connectivity index (χ3v) is 2.61. The van der Waals surface area contributed by atoms with Crippen LogP contribution in [0.4, 0.5) is 5.69 Å². The second kappa shape index (κ2) is 5.35. The van der Waals surface area contributed by atoms with Gasteiger partial charge in [0.15, 0.2) is 0 Å². The van der Waals surface area contributed by atoms with Gasteiger partial charge in [-0.3, -0.25) is 4.79 Å². The molecule has 0 aliphatic rings. The zero-order valence-electron chi connectivity index (χ0n) is 9.35. The van der Waals surface area contributed by atoms with Crippen molar-refractivity contribution in [3.63, 3.8) is 0 Å². The van der Waals surface area contributed by atoms with E-state index in [1.54, 1.807) is 48.5 Å². The highest BCUT2D eigenvalue weighted by Gasteiger charge is 2.06. The summed E-state index contributed by atoms with van der Waals surface area (Å²) in [6.07, 6.45) is 0. The van der Waals surface area contributed by atoms with Gasteiger partial charge in [-0.2, -0.15) is 5.26 Å². The Morgan fingerprint density at radius 2 is 1.89 bits per heavy atom. The maximum Gasteiger partial charge on any atom is 0.255 e. The molecule has 0 heterocycles. The first-order chi connectivity index (χ1) is 8.69. The van der Waals surface area contributed by atoms with Crippen LogP contribution in [0.25, 0.3) is 0 Å². The summed E-state index contributed by atoms with van der Waals surface area (Å²) in [4.78, 5) is 11.9. The third-order valence-electron chi connectivity index (χ3n) is 2.36. The molecule has 3 nitrogen and oxygen atoms in total. The molecule has 0 aliphatic heterocycles. The van der Waals surface area contributed by atoms with Gasteiger partial charge < -0.3 is 5.32 Å². The summed E-state index contributed by atoms with van der Waals surface area (Å²) in [6.45, 7) is 0. The van der Waals surface area contributed by atoms with Crippen LogP contribution < -0.4 is 5.32 Å². The van der Waals surface area contributed by atoms with E-state index < -0.39 is 0 Å². The van der Waals surface area contributed by atoms with Gasteiger partial charge in [0.1, 0.15) is 0 Å². The van der Waals surface area contributed by atoms with E-state index in [-0.39, 0.29) is 5.91 Å². The molecule has 88 valence electrons. The molecule has 2 aromatic rings. The second-order valence-electron chi connectivity index (χ2n) is 3.65. The van der Waals surface area contributed by atoms with E-state index >= 15 is 0 Å². The average molecular weight is 257 g/mol. The second-order valence-corrected chi connectivity index (χ2v) is 4.09. The van der Waals surface area contributed by atoms with Gasteiger partial charge in [-0.25, -0.2) is 0 Å². The van der Waals surface area contributed by atoms with E-state index in [9.17, 15) is 4.79 Å². The van der Waals surface area contributed by atoms with Crippen LogP contribution >= 0.6 is 11.6 Å². The molecule has 0 radical (unpaired) electrons. The summed E-state index contributed by atoms with van der Waals surface area (Å²) >= 11 is 5.76. The molecule has 0 bridgehead atoms. The maximum atomic E-state index is 11.9. The maximum absolute atomic E-state index is 11.9. The number of amides is 1. The van der Waals surface area contributed by atoms with Crippen molar-refractivity contribution in [1.82, 2.24) is 0 Å². The number of nitrogens with one attached hydrogen (secondary N) is 1. The van der Waals surface area contributed by atoms with Crippen LogP contribution in [0.5, 0.6) is 0 Å². The van der Waals surface area contributed by atoms with Crippen molar-refractivity contribution >= 4 is 23.2 Å². The van der Waals surface area contributed by atoms with Gasteiger partial charge in [-0.15, -0.1) is 0 Å². The van der Waals surface area contributed by atoms with Crippen molar-refractivity contribution in [3.8, 4) is 6.07 Å². The highest BCUT2D eigenvalue weighted by Crippen LogP contribution is 2.14. The average Bonchev–Trinajstić information content (AvgIpc) is 2.41. The lowest BCUT2D eigenvalue weighted by molar-refractivity contribution is 0.102. The van der Waals surface area contributed by atoms with Crippen molar-refractivity contribution in [2.24, 2.45) is 0 Å². The number of nitriles is 1. The molecular weight excluding hydrogens is 248 g/mol. The predicted octanol–water partition coefficient (Wildman–Crippen LogP) is 3.46. The smallest absolute Gasteiger partial charge is 0.255 e. The summed E-state index contributed by atoms with van der Waals surface area (Å²) < 4.78 is 0. The van der Waals surface area contributed by atoms with E-state index in [0.717, 1.165) is 0 Å². The first kappa shape index (κ1) is 12.2. The molecule has 4 heteroatoms. The van der Waals surface area contributed by atoms with Crippen molar-refractivity contribution in [3.05, 3.63) is 64.7 Å². The highest BCUT2D eigenvalue weighted by atomic mass is 35.5. The molecule has 0 unspecified atom stereocenters. The summed E-state index contributed by atoms with van der Waals surface area (Å²) in [6, 6.07) is 15.4. The van der Waals surface area contributed by atoms with E-state index in [1.165, 1.54) is 0 Å². The molecule has 0 saturated carbocycles. The van der Waals surface area contributed by atoms with Gasteiger partial charge in [0.25, 0.3) is 5.91 Å². The number of benzene rings is 2. The number of nitrogens with zero attached hydrogens (tertiary/aromatic N) is 1. The Balaban J connectivity index is 2.17. The van der Waals surface area contributed by atoms with Gasteiger partial charge in [0.05, 0.1) is 11.6 Å². The summed E-state index contributed by atoms with van der Waals surface area (Å²) in [5.41, 5.74) is 1.56. The fourth-order valence-electron chi connectivity index (χ4n) is 1.47. The standard InChI is InChI=1S/C14H9ClN2O/c15-12-4-6-13(7-5-12)17-14(18)11-3-1-2-10(8-11)9-16/h1-8H,(H,17,18). The number of carbonyl (C=O) groups is 1. The zero-order chi connectivity index (χ0) is 13.0. The van der Waals surface area contributed by atoms with Gasteiger partial charge in [-0.05, 0) is 42.5 Å². The lowest BCUT2D eigenvalue weighted by Gasteiger charge is -2.05. The minimum atomic E-state index is -0.255. The predicted molar refractivity (Wildman–Crippen MR) is 70.6 cm³/mol. The molecule has 1 N–H and O–H groups in total. The molecular formula is C14H9ClN2O. The number of hydrogen-bond donors (Lipinski definition) is 1. The Labute approximate surface area is 110 Å². The topological polar surface area (TPSA) is 52.9 Å².